The van der Waals surface area contributed by atoms with Crippen LogP contribution in [0.25, 0.3) is 0 Å². The van der Waals surface area contributed by atoms with Gasteiger partial charge in [0, 0.05) is 11.0 Å². The van der Waals surface area contributed by atoms with E-state index >= 15 is 0 Å². The van der Waals surface area contributed by atoms with Crippen molar-refractivity contribution in [2.75, 3.05) is 12.4 Å². The number of alkyl halides is 11. The Morgan fingerprint density at radius 3 is 2.09 bits per heavy atom. The summed E-state index contributed by atoms with van der Waals surface area (Å²) >= 11 is -0.520. The zero-order chi connectivity index (χ0) is 25.1. The lowest BCUT2D eigenvalue weighted by Crippen LogP contribution is -2.59. The van der Waals surface area contributed by atoms with Crippen molar-refractivity contribution < 1.29 is 62.7 Å². The summed E-state index contributed by atoms with van der Waals surface area (Å²) in [5, 5.41) is 11.0. The van der Waals surface area contributed by atoms with Gasteiger partial charge in [0.15, 0.2) is 6.61 Å². The molecule has 0 N–H and O–H groups in total. The highest BCUT2D eigenvalue weighted by atomic mass is 32.2. The van der Waals surface area contributed by atoms with Crippen LogP contribution in [0, 0.1) is 10.1 Å². The molecule has 0 radical (unpaired) electrons. The summed E-state index contributed by atoms with van der Waals surface area (Å²) in [5.41, 5.74) is -5.70. The number of nitro benzene ring substituents is 1. The molecule has 18 heteroatoms. The molecule has 0 fully saturated rings. The van der Waals surface area contributed by atoms with Crippen LogP contribution >= 0.6 is 23.5 Å². The summed E-state index contributed by atoms with van der Waals surface area (Å²) in [6, 6.07) is 2.04. The van der Waals surface area contributed by atoms with Crippen LogP contribution in [0.15, 0.2) is 28.0 Å². The minimum absolute atomic E-state index is 0.171. The predicted molar refractivity (Wildman–Crippen MR) is 87.5 cm³/mol. The molecule has 0 saturated heterocycles. The van der Waals surface area contributed by atoms with Crippen molar-refractivity contribution >= 4 is 35.2 Å². The first-order chi connectivity index (χ1) is 14.3. The fourth-order valence-electron chi connectivity index (χ4n) is 1.78. The quantitative estimate of drug-likeness (QED) is 0.122. The first-order valence-corrected chi connectivity index (χ1v) is 9.36. The van der Waals surface area contributed by atoms with Gasteiger partial charge in [-0.2, -0.15) is 39.5 Å². The number of nitrogens with zero attached hydrogens (tertiary/aromatic N) is 1. The van der Waals surface area contributed by atoms with Gasteiger partial charge in [-0.05, 0) is 23.9 Å². The van der Waals surface area contributed by atoms with Gasteiger partial charge in [-0.15, -0.1) is 11.8 Å². The summed E-state index contributed by atoms with van der Waals surface area (Å²) in [6.45, 7) is -2.72. The molecule has 1 aromatic rings. The Labute approximate surface area is 178 Å². The second-order valence-corrected chi connectivity index (χ2v) is 7.74. The number of ether oxygens (including phenoxy) is 1. The third-order valence-corrected chi connectivity index (χ3v) is 5.03. The fraction of sp³-hybridized carbons (Fsp3) is 0.500. The lowest BCUT2D eigenvalue weighted by atomic mass is 10.1. The Balaban J connectivity index is 2.84. The van der Waals surface area contributed by atoms with Gasteiger partial charge in [0.1, 0.15) is 0 Å². The van der Waals surface area contributed by atoms with Crippen molar-refractivity contribution in [2.24, 2.45) is 0 Å². The number of hydrogen-bond donors (Lipinski definition) is 0. The largest absolute Gasteiger partial charge is 0.458 e. The molecule has 0 heterocycles. The highest BCUT2D eigenvalue weighted by Crippen LogP contribution is 2.48. The molecule has 32 heavy (non-hydrogen) atoms. The second-order valence-electron chi connectivity index (χ2n) is 5.59. The van der Waals surface area contributed by atoms with Gasteiger partial charge in [-0.3, -0.25) is 14.9 Å². The van der Waals surface area contributed by atoms with Crippen molar-refractivity contribution in [1.29, 1.82) is 0 Å². The first kappa shape index (κ1) is 28.1. The third-order valence-electron chi connectivity index (χ3n) is 3.27. The van der Waals surface area contributed by atoms with Crippen molar-refractivity contribution in [1.82, 2.24) is 0 Å². The zero-order valence-electron chi connectivity index (χ0n) is 14.8. The van der Waals surface area contributed by atoms with Crippen LogP contribution in [0.5, 0.6) is 0 Å². The Hall–Kier alpha value is -1.98. The van der Waals surface area contributed by atoms with Gasteiger partial charge >= 0.3 is 35.7 Å². The van der Waals surface area contributed by atoms with Crippen LogP contribution in [0.2, 0.25) is 0 Å². The van der Waals surface area contributed by atoms with Crippen LogP contribution in [-0.2, 0) is 9.53 Å². The van der Waals surface area contributed by atoms with E-state index in [1.165, 1.54) is 0 Å². The minimum atomic E-state index is -6.59. The molecule has 0 aliphatic carbocycles. The molecule has 0 aliphatic rings. The molecule has 1 aromatic carbocycles. The molecular formula is C14H8F11NO4S2. The number of thioether (sulfide) groups is 2. The molecule has 0 atom stereocenters. The molecular weight excluding hydrogens is 519 g/mol. The van der Waals surface area contributed by atoms with E-state index in [-0.39, 0.29) is 11.8 Å². The molecule has 0 aromatic heterocycles. The fourth-order valence-corrected chi connectivity index (χ4v) is 3.16. The maximum absolute atomic E-state index is 13.3. The molecule has 182 valence electrons. The number of hydrogen-bond acceptors (Lipinski definition) is 6. The van der Waals surface area contributed by atoms with Crippen molar-refractivity contribution in [3.8, 4) is 0 Å². The molecule has 0 amide bonds. The van der Waals surface area contributed by atoms with Gasteiger partial charge in [-0.1, -0.05) is 0 Å². The standard InChI is InChI=1S/C14H8F11NO4S2/c15-10(16)12(19,20)13(21,22)11(17,18)5-30-9(27)4-31-8-2-1-6(32-14(23,24)25)3-7(8)26(28)29/h1-3,10H,4-5H2. The maximum Gasteiger partial charge on any atom is 0.446 e. The highest BCUT2D eigenvalue weighted by molar-refractivity contribution is 8.00. The first-order valence-electron chi connectivity index (χ1n) is 7.56. The van der Waals surface area contributed by atoms with Crippen molar-refractivity contribution in [2.45, 2.75) is 39.5 Å². The van der Waals surface area contributed by atoms with Crippen LogP contribution in [0.1, 0.15) is 0 Å². The van der Waals surface area contributed by atoms with E-state index in [2.05, 4.69) is 4.74 Å². The number of rotatable bonds is 10. The molecule has 1 rings (SSSR count). The lowest BCUT2D eigenvalue weighted by molar-refractivity contribution is -0.387. The number of benzene rings is 1. The average molecular weight is 527 g/mol. The SMILES string of the molecule is O=C(CSc1ccc(SC(F)(F)F)cc1[N+](=O)[O-])OCC(F)(F)C(F)(F)C(F)(F)C(F)F. The Bertz CT molecular complexity index is 848. The Morgan fingerprint density at radius 1 is 1.06 bits per heavy atom. The number of esters is 1. The summed E-state index contributed by atoms with van der Waals surface area (Å²) in [5.74, 6) is -21.8. The molecule has 0 unspecified atom stereocenters. The smallest absolute Gasteiger partial charge is 0.446 e. The minimum Gasteiger partial charge on any atom is -0.458 e. The van der Waals surface area contributed by atoms with E-state index < -0.39 is 80.2 Å². The van der Waals surface area contributed by atoms with Gasteiger partial charge in [0.25, 0.3) is 5.69 Å². The van der Waals surface area contributed by atoms with E-state index in [9.17, 15) is 63.2 Å². The van der Waals surface area contributed by atoms with Gasteiger partial charge in [0.2, 0.25) is 0 Å². The van der Waals surface area contributed by atoms with E-state index in [0.29, 0.717) is 6.07 Å². The van der Waals surface area contributed by atoms with E-state index in [1.54, 1.807) is 0 Å². The summed E-state index contributed by atoms with van der Waals surface area (Å²) < 4.78 is 143. The van der Waals surface area contributed by atoms with E-state index in [4.69, 9.17) is 0 Å². The summed E-state index contributed by atoms with van der Waals surface area (Å²) in [7, 11) is 0. The number of carbonyl (C=O) groups excluding carboxylic acids is 1. The van der Waals surface area contributed by atoms with E-state index in [1.807, 2.05) is 0 Å². The van der Waals surface area contributed by atoms with Crippen LogP contribution in [0.4, 0.5) is 54.0 Å². The van der Waals surface area contributed by atoms with Crippen LogP contribution in [-0.4, -0.2) is 53.0 Å². The lowest BCUT2D eigenvalue weighted by Gasteiger charge is -2.31. The van der Waals surface area contributed by atoms with Gasteiger partial charge in [-0.25, -0.2) is 8.78 Å². The normalized spacial score (nSPS) is 13.4. The van der Waals surface area contributed by atoms with Crippen molar-refractivity contribution in [3.05, 3.63) is 28.3 Å². The second kappa shape index (κ2) is 9.88. The Kier molecular flexibility index (Phi) is 8.66. The summed E-state index contributed by atoms with van der Waals surface area (Å²) in [6.07, 6.45) is -5.16. The van der Waals surface area contributed by atoms with Gasteiger partial charge < -0.3 is 4.74 Å². The molecule has 0 spiro atoms. The molecule has 0 aliphatic heterocycles. The number of carbonyl (C=O) groups is 1. The van der Waals surface area contributed by atoms with E-state index in [0.717, 1.165) is 12.1 Å². The summed E-state index contributed by atoms with van der Waals surface area (Å²) in [4.78, 5) is 20.2. The zero-order valence-corrected chi connectivity index (χ0v) is 16.4. The molecule has 5 nitrogen and oxygen atoms in total. The predicted octanol–water partition coefficient (Wildman–Crippen LogP) is 6.01. The average Bonchev–Trinajstić information content (AvgIpc) is 2.63. The van der Waals surface area contributed by atoms with Crippen LogP contribution < -0.4 is 0 Å². The van der Waals surface area contributed by atoms with Gasteiger partial charge in [0.05, 0.1) is 15.6 Å². The Morgan fingerprint density at radius 2 is 1.62 bits per heavy atom. The third kappa shape index (κ3) is 6.76. The number of halogens is 11. The van der Waals surface area contributed by atoms with Crippen LogP contribution in [0.3, 0.4) is 0 Å². The monoisotopic (exact) mass is 527 g/mol. The molecule has 0 bridgehead atoms. The molecule has 0 saturated carbocycles. The van der Waals surface area contributed by atoms with Crippen molar-refractivity contribution in [3.63, 3.8) is 0 Å². The highest BCUT2D eigenvalue weighted by Gasteiger charge is 2.75. The maximum atomic E-state index is 13.3. The topological polar surface area (TPSA) is 69.4 Å². The number of nitro groups is 1.